The molecule has 2 aromatic rings. The van der Waals surface area contributed by atoms with E-state index in [1.165, 1.54) is 6.92 Å². The number of rotatable bonds is 1. The molecule has 1 unspecified atom stereocenters. The number of aromatic amines is 1. The number of aromatic nitrogens is 2. The number of benzene rings is 1. The van der Waals surface area contributed by atoms with Gasteiger partial charge in [0, 0.05) is 11.3 Å². The number of carbonyl (C=O) groups is 2. The second kappa shape index (κ2) is 3.10. The highest BCUT2D eigenvalue weighted by atomic mass is 16.2. The number of fused-ring (bicyclic) bond motifs is 2. The maximum atomic E-state index is 12.0. The summed E-state index contributed by atoms with van der Waals surface area (Å²) in [5, 5.41) is 2.72. The molecule has 1 aliphatic heterocycles. The second-order valence-corrected chi connectivity index (χ2v) is 4.67. The summed E-state index contributed by atoms with van der Waals surface area (Å²) in [5.41, 5.74) is 7.12. The highest BCUT2D eigenvalue weighted by Gasteiger charge is 2.47. The van der Waals surface area contributed by atoms with Crippen molar-refractivity contribution in [3.05, 3.63) is 17.7 Å². The molecule has 0 fully saturated rings. The van der Waals surface area contributed by atoms with Crippen molar-refractivity contribution in [3.63, 3.8) is 0 Å². The summed E-state index contributed by atoms with van der Waals surface area (Å²) in [7, 11) is 0. The molecule has 1 amide bonds. The number of nitrogens with two attached hydrogens (primary N) is 1. The first-order valence-corrected chi connectivity index (χ1v) is 5.55. The van der Waals surface area contributed by atoms with E-state index < -0.39 is 5.41 Å². The highest BCUT2D eigenvalue weighted by molar-refractivity contribution is 6.21. The van der Waals surface area contributed by atoms with Gasteiger partial charge in [-0.3, -0.25) is 9.59 Å². The van der Waals surface area contributed by atoms with E-state index in [0.717, 1.165) is 5.52 Å². The number of carbonyl (C=O) groups excluding carboxylic acids is 2. The molecule has 0 bridgehead atoms. The first kappa shape index (κ1) is 10.8. The summed E-state index contributed by atoms with van der Waals surface area (Å²) in [4.78, 5) is 30.7. The van der Waals surface area contributed by atoms with Gasteiger partial charge in [0.1, 0.15) is 11.2 Å². The number of nitrogens with zero attached hydrogens (tertiary/aromatic N) is 1. The Hall–Kier alpha value is -2.37. The normalized spacial score (nSPS) is 22.0. The Balaban J connectivity index is 2.32. The van der Waals surface area contributed by atoms with Gasteiger partial charge in [0.15, 0.2) is 5.95 Å². The Morgan fingerprint density at radius 2 is 2.17 bits per heavy atom. The third-order valence-electron chi connectivity index (χ3n) is 3.58. The van der Waals surface area contributed by atoms with E-state index in [9.17, 15) is 9.59 Å². The van der Waals surface area contributed by atoms with Gasteiger partial charge in [0.25, 0.3) is 0 Å². The van der Waals surface area contributed by atoms with E-state index in [-0.39, 0.29) is 11.7 Å². The fraction of sp³-hybridized carbons (Fsp3) is 0.250. The molecule has 18 heavy (non-hydrogen) atoms. The van der Waals surface area contributed by atoms with Crippen molar-refractivity contribution in [2.24, 2.45) is 0 Å². The highest BCUT2D eigenvalue weighted by Crippen LogP contribution is 2.40. The number of hydrogen-bond acceptors (Lipinski definition) is 4. The molecule has 2 heterocycles. The predicted octanol–water partition coefficient (Wildman–Crippen LogP) is 0.944. The van der Waals surface area contributed by atoms with Crippen LogP contribution in [0.15, 0.2) is 12.1 Å². The average Bonchev–Trinajstić information content (AvgIpc) is 2.75. The molecule has 1 aromatic carbocycles. The Morgan fingerprint density at radius 1 is 1.44 bits per heavy atom. The fourth-order valence-corrected chi connectivity index (χ4v) is 2.31. The molecule has 1 aliphatic rings. The quantitative estimate of drug-likeness (QED) is 0.650. The number of Topliss-reactive ketones (excluding diaryl/α,β-unsaturated/α-hetero) is 1. The van der Waals surface area contributed by atoms with Gasteiger partial charge in [-0.15, -0.1) is 0 Å². The predicted molar refractivity (Wildman–Crippen MR) is 67.2 cm³/mol. The van der Waals surface area contributed by atoms with Gasteiger partial charge in [-0.2, -0.15) is 0 Å². The minimum atomic E-state index is -1.14. The van der Waals surface area contributed by atoms with Crippen molar-refractivity contribution in [3.8, 4) is 0 Å². The van der Waals surface area contributed by atoms with E-state index in [4.69, 9.17) is 5.73 Å². The third kappa shape index (κ3) is 1.14. The molecule has 0 saturated carbocycles. The lowest BCUT2D eigenvalue weighted by atomic mass is 9.80. The van der Waals surface area contributed by atoms with E-state index in [1.54, 1.807) is 19.1 Å². The van der Waals surface area contributed by atoms with Crippen LogP contribution in [-0.2, 0) is 15.0 Å². The van der Waals surface area contributed by atoms with E-state index in [2.05, 4.69) is 15.3 Å². The van der Waals surface area contributed by atoms with Crippen LogP contribution in [0.1, 0.15) is 19.4 Å². The first-order chi connectivity index (χ1) is 8.42. The minimum Gasteiger partial charge on any atom is -0.369 e. The Kier molecular flexibility index (Phi) is 1.85. The summed E-state index contributed by atoms with van der Waals surface area (Å²) in [6.45, 7) is 3.04. The van der Waals surface area contributed by atoms with Crippen LogP contribution in [0, 0.1) is 0 Å². The van der Waals surface area contributed by atoms with Crippen LogP contribution in [0.5, 0.6) is 0 Å². The molecular formula is C12H12N4O2. The molecule has 0 saturated heterocycles. The molecule has 1 atom stereocenters. The number of ketones is 1. The zero-order chi connectivity index (χ0) is 13.1. The molecule has 0 spiro atoms. The molecule has 6 nitrogen and oxygen atoms in total. The average molecular weight is 244 g/mol. The molecule has 1 aromatic heterocycles. The summed E-state index contributed by atoms with van der Waals surface area (Å²) in [6.07, 6.45) is 0. The summed E-state index contributed by atoms with van der Waals surface area (Å²) >= 11 is 0. The summed E-state index contributed by atoms with van der Waals surface area (Å²) in [5.74, 6) is -0.180. The number of hydrogen-bond donors (Lipinski definition) is 3. The van der Waals surface area contributed by atoms with Gasteiger partial charge in [0.05, 0.1) is 11.0 Å². The van der Waals surface area contributed by atoms with Crippen LogP contribution < -0.4 is 11.1 Å². The van der Waals surface area contributed by atoms with Crippen LogP contribution in [0.4, 0.5) is 11.6 Å². The van der Waals surface area contributed by atoms with Crippen LogP contribution in [0.2, 0.25) is 0 Å². The van der Waals surface area contributed by atoms with Gasteiger partial charge in [-0.1, -0.05) is 0 Å². The van der Waals surface area contributed by atoms with E-state index in [0.29, 0.717) is 22.7 Å². The maximum Gasteiger partial charge on any atom is 0.242 e. The summed E-state index contributed by atoms with van der Waals surface area (Å²) < 4.78 is 0. The van der Waals surface area contributed by atoms with Crippen LogP contribution in [0.25, 0.3) is 11.0 Å². The van der Waals surface area contributed by atoms with Gasteiger partial charge in [-0.05, 0) is 26.0 Å². The van der Waals surface area contributed by atoms with Crippen molar-refractivity contribution in [2.45, 2.75) is 19.3 Å². The molecule has 92 valence electrons. The lowest BCUT2D eigenvalue weighted by Gasteiger charge is -2.17. The molecule has 0 aliphatic carbocycles. The van der Waals surface area contributed by atoms with Crippen LogP contribution in [0.3, 0.4) is 0 Å². The fourth-order valence-electron chi connectivity index (χ4n) is 2.31. The van der Waals surface area contributed by atoms with Crippen molar-refractivity contribution in [1.29, 1.82) is 0 Å². The molecule has 3 rings (SSSR count). The van der Waals surface area contributed by atoms with Crippen LogP contribution >= 0.6 is 0 Å². The lowest BCUT2D eigenvalue weighted by Crippen LogP contribution is -2.37. The SMILES string of the molecule is CC(=O)C1(C)C(=O)Nc2cc3nc(N)[nH]c3cc21. The standard InChI is InChI=1S/C12H12N4O2/c1-5(17)12(2)6-3-8-9(16-11(13)15-8)4-7(6)14-10(12)18/h3-4H,1-2H3,(H,14,18)(H3,13,15,16). The minimum absolute atomic E-state index is 0.189. The number of nitrogen functional groups attached to an aromatic ring is 1. The van der Waals surface area contributed by atoms with Gasteiger partial charge >= 0.3 is 0 Å². The maximum absolute atomic E-state index is 12.0. The Bertz CT molecular complexity index is 703. The van der Waals surface area contributed by atoms with Crippen molar-refractivity contribution >= 4 is 34.4 Å². The number of anilines is 2. The molecule has 4 N–H and O–H groups in total. The zero-order valence-corrected chi connectivity index (χ0v) is 10.00. The lowest BCUT2D eigenvalue weighted by molar-refractivity contribution is -0.130. The molecule has 0 radical (unpaired) electrons. The second-order valence-electron chi connectivity index (χ2n) is 4.67. The largest absolute Gasteiger partial charge is 0.369 e. The number of H-pyrrole nitrogens is 1. The van der Waals surface area contributed by atoms with Crippen molar-refractivity contribution < 1.29 is 9.59 Å². The topological polar surface area (TPSA) is 101 Å². The van der Waals surface area contributed by atoms with E-state index >= 15 is 0 Å². The van der Waals surface area contributed by atoms with Crippen LogP contribution in [-0.4, -0.2) is 21.7 Å². The zero-order valence-electron chi connectivity index (χ0n) is 10.00. The number of imidazole rings is 1. The van der Waals surface area contributed by atoms with Crippen molar-refractivity contribution in [2.75, 3.05) is 11.1 Å². The number of amides is 1. The number of nitrogens with one attached hydrogen (secondary N) is 2. The molecular weight excluding hydrogens is 232 g/mol. The smallest absolute Gasteiger partial charge is 0.242 e. The van der Waals surface area contributed by atoms with E-state index in [1.807, 2.05) is 0 Å². The van der Waals surface area contributed by atoms with Gasteiger partial charge in [0.2, 0.25) is 5.91 Å². The third-order valence-corrected chi connectivity index (χ3v) is 3.58. The van der Waals surface area contributed by atoms with Gasteiger partial charge < -0.3 is 16.0 Å². The first-order valence-electron chi connectivity index (χ1n) is 5.55. The molecule has 6 heteroatoms. The Labute approximate surface area is 103 Å². The van der Waals surface area contributed by atoms with Crippen molar-refractivity contribution in [1.82, 2.24) is 9.97 Å². The van der Waals surface area contributed by atoms with Gasteiger partial charge in [-0.25, -0.2) is 4.98 Å². The monoisotopic (exact) mass is 244 g/mol. The Morgan fingerprint density at radius 3 is 2.83 bits per heavy atom. The summed E-state index contributed by atoms with van der Waals surface area (Å²) in [6, 6.07) is 3.48.